The van der Waals surface area contributed by atoms with Crippen LogP contribution in [0.15, 0.2) is 0 Å². The van der Waals surface area contributed by atoms with Crippen molar-refractivity contribution in [2.24, 2.45) is 5.73 Å². The van der Waals surface area contributed by atoms with E-state index < -0.39 is 54.0 Å². The highest BCUT2D eigenvalue weighted by atomic mass is 32.2. The van der Waals surface area contributed by atoms with Crippen LogP contribution in [-0.4, -0.2) is 87.7 Å². The first-order valence-corrected chi connectivity index (χ1v) is 11.0. The molecule has 0 aromatic heterocycles. The van der Waals surface area contributed by atoms with Crippen molar-refractivity contribution < 1.29 is 29.4 Å². The molecule has 0 saturated heterocycles. The SMILES string of the molecule is CSCCC(N)C(=O)NC(CS)C(=O)NC(C(=O)NC(CS)C(=O)O)C(C)O. The molecule has 0 aromatic rings. The lowest BCUT2D eigenvalue weighted by molar-refractivity contribution is -0.142. The smallest absolute Gasteiger partial charge is 0.327 e. The van der Waals surface area contributed by atoms with E-state index in [2.05, 4.69) is 41.2 Å². The van der Waals surface area contributed by atoms with Crippen LogP contribution in [0.3, 0.4) is 0 Å². The summed E-state index contributed by atoms with van der Waals surface area (Å²) in [5.41, 5.74) is 5.75. The summed E-state index contributed by atoms with van der Waals surface area (Å²) < 4.78 is 0. The molecule has 5 atom stereocenters. The van der Waals surface area contributed by atoms with Gasteiger partial charge in [0.2, 0.25) is 17.7 Å². The minimum atomic E-state index is -1.43. The van der Waals surface area contributed by atoms with Gasteiger partial charge < -0.3 is 31.9 Å². The van der Waals surface area contributed by atoms with Crippen LogP contribution >= 0.6 is 37.0 Å². The first-order valence-electron chi connectivity index (χ1n) is 8.37. The number of hydrogen-bond acceptors (Lipinski definition) is 9. The van der Waals surface area contributed by atoms with E-state index in [9.17, 15) is 24.3 Å². The van der Waals surface area contributed by atoms with Crippen LogP contribution in [0, 0.1) is 0 Å². The largest absolute Gasteiger partial charge is 0.480 e. The second-order valence-corrected chi connectivity index (χ2v) is 7.66. The molecule has 0 saturated carbocycles. The fraction of sp³-hybridized carbons (Fsp3) is 0.733. The molecule has 7 N–H and O–H groups in total. The molecule has 162 valence electrons. The Labute approximate surface area is 179 Å². The third-order valence-corrected chi connectivity index (χ3v) is 5.02. The Kier molecular flexibility index (Phi) is 13.4. The van der Waals surface area contributed by atoms with Gasteiger partial charge in [-0.15, -0.1) is 0 Å². The minimum absolute atomic E-state index is 0.0740. The number of thioether (sulfide) groups is 1. The van der Waals surface area contributed by atoms with Crippen molar-refractivity contribution in [1.82, 2.24) is 16.0 Å². The molecule has 0 aliphatic carbocycles. The first kappa shape index (κ1) is 26.9. The zero-order chi connectivity index (χ0) is 21.9. The number of carbonyl (C=O) groups excluding carboxylic acids is 3. The normalized spacial score (nSPS) is 16.2. The van der Waals surface area contributed by atoms with Gasteiger partial charge in [0.25, 0.3) is 0 Å². The summed E-state index contributed by atoms with van der Waals surface area (Å²) >= 11 is 9.38. The molecule has 10 nitrogen and oxygen atoms in total. The molecule has 0 aromatic carbocycles. The van der Waals surface area contributed by atoms with Crippen LogP contribution in [0.5, 0.6) is 0 Å². The maximum atomic E-state index is 12.4. The molecule has 0 spiro atoms. The Bertz CT molecular complexity index is 552. The average molecular weight is 457 g/mol. The monoisotopic (exact) mass is 456 g/mol. The summed E-state index contributed by atoms with van der Waals surface area (Å²) in [6.07, 6.45) is 0.976. The third-order valence-electron chi connectivity index (χ3n) is 3.65. The molecule has 0 aliphatic heterocycles. The van der Waals surface area contributed by atoms with Gasteiger partial charge in [-0.1, -0.05) is 0 Å². The van der Waals surface area contributed by atoms with Crippen molar-refractivity contribution in [1.29, 1.82) is 0 Å². The zero-order valence-electron chi connectivity index (χ0n) is 15.6. The Morgan fingerprint density at radius 1 is 1.00 bits per heavy atom. The number of aliphatic hydroxyl groups is 1. The number of carboxylic acid groups (broad SMARTS) is 1. The highest BCUT2D eigenvalue weighted by molar-refractivity contribution is 7.98. The molecular formula is C15H28N4O6S3. The predicted molar refractivity (Wildman–Crippen MR) is 114 cm³/mol. The zero-order valence-corrected chi connectivity index (χ0v) is 18.2. The number of nitrogens with two attached hydrogens (primary N) is 1. The van der Waals surface area contributed by atoms with E-state index in [1.165, 1.54) is 18.7 Å². The summed E-state index contributed by atoms with van der Waals surface area (Å²) in [7, 11) is 0. The van der Waals surface area contributed by atoms with E-state index in [0.717, 1.165) is 0 Å². The van der Waals surface area contributed by atoms with Crippen molar-refractivity contribution in [3.8, 4) is 0 Å². The maximum Gasteiger partial charge on any atom is 0.327 e. The van der Waals surface area contributed by atoms with Gasteiger partial charge in [-0.2, -0.15) is 37.0 Å². The Balaban J connectivity index is 5.02. The predicted octanol–water partition coefficient (Wildman–Crippen LogP) is -2.15. The van der Waals surface area contributed by atoms with Crippen LogP contribution in [0.2, 0.25) is 0 Å². The first-order chi connectivity index (χ1) is 13.1. The number of nitrogens with one attached hydrogen (secondary N) is 3. The van der Waals surface area contributed by atoms with Gasteiger partial charge in [-0.3, -0.25) is 14.4 Å². The van der Waals surface area contributed by atoms with Gasteiger partial charge in [0, 0.05) is 11.5 Å². The van der Waals surface area contributed by atoms with Crippen LogP contribution in [-0.2, 0) is 19.2 Å². The molecule has 13 heteroatoms. The second kappa shape index (κ2) is 13.9. The van der Waals surface area contributed by atoms with E-state index in [1.54, 1.807) is 0 Å². The fourth-order valence-corrected chi connectivity index (χ4v) is 2.95. The Morgan fingerprint density at radius 2 is 1.54 bits per heavy atom. The Hall–Kier alpha value is -1.15. The number of aliphatic carboxylic acids is 1. The highest BCUT2D eigenvalue weighted by Gasteiger charge is 2.31. The molecule has 0 rings (SSSR count). The van der Waals surface area contributed by atoms with Crippen molar-refractivity contribution in [3.05, 3.63) is 0 Å². The van der Waals surface area contributed by atoms with E-state index in [-0.39, 0.29) is 11.5 Å². The average Bonchev–Trinajstić information content (AvgIpc) is 2.64. The number of aliphatic hydroxyl groups excluding tert-OH is 1. The van der Waals surface area contributed by atoms with E-state index >= 15 is 0 Å². The van der Waals surface area contributed by atoms with Gasteiger partial charge in [-0.25, -0.2) is 4.79 Å². The molecule has 5 unspecified atom stereocenters. The molecule has 0 heterocycles. The topological polar surface area (TPSA) is 171 Å². The number of carbonyl (C=O) groups is 4. The Morgan fingerprint density at radius 3 is 1.96 bits per heavy atom. The minimum Gasteiger partial charge on any atom is -0.480 e. The van der Waals surface area contributed by atoms with E-state index in [1.807, 2.05) is 6.26 Å². The number of thiol groups is 2. The summed E-state index contributed by atoms with van der Waals surface area (Å²) in [5, 5.41) is 25.7. The van der Waals surface area contributed by atoms with Crippen LogP contribution < -0.4 is 21.7 Å². The highest BCUT2D eigenvalue weighted by Crippen LogP contribution is 2.02. The molecule has 0 aliphatic rings. The lowest BCUT2D eigenvalue weighted by atomic mass is 10.1. The second-order valence-electron chi connectivity index (χ2n) is 5.94. The van der Waals surface area contributed by atoms with Gasteiger partial charge >= 0.3 is 5.97 Å². The van der Waals surface area contributed by atoms with E-state index in [4.69, 9.17) is 10.8 Å². The number of rotatable bonds is 13. The number of hydrogen-bond donors (Lipinski definition) is 8. The maximum absolute atomic E-state index is 12.4. The van der Waals surface area contributed by atoms with Crippen molar-refractivity contribution in [3.63, 3.8) is 0 Å². The lowest BCUT2D eigenvalue weighted by Crippen LogP contribution is -2.60. The van der Waals surface area contributed by atoms with Gasteiger partial charge in [-0.05, 0) is 25.4 Å². The van der Waals surface area contributed by atoms with Crippen molar-refractivity contribution >= 4 is 60.7 Å². The summed E-state index contributed by atoms with van der Waals surface area (Å²) in [5.74, 6) is -3.09. The molecule has 3 amide bonds. The van der Waals surface area contributed by atoms with E-state index in [0.29, 0.717) is 12.2 Å². The van der Waals surface area contributed by atoms with Gasteiger partial charge in [0.15, 0.2) is 0 Å². The van der Waals surface area contributed by atoms with Crippen molar-refractivity contribution in [2.75, 3.05) is 23.5 Å². The molecule has 28 heavy (non-hydrogen) atoms. The standard InChI is InChI=1S/C15H28N4O6S3/c1-7(20)11(14(23)18-10(6-27)15(24)25)19-13(22)9(5-26)17-12(21)8(16)3-4-28-2/h7-11,20,26-27H,3-6,16H2,1-2H3,(H,17,21)(H,18,23)(H,19,22)(H,24,25). The molecule has 0 fully saturated rings. The number of amides is 3. The summed E-state index contributed by atoms with van der Waals surface area (Å²) in [6.45, 7) is 1.26. The fourth-order valence-electron chi connectivity index (χ4n) is 1.95. The van der Waals surface area contributed by atoms with Crippen LogP contribution in [0.1, 0.15) is 13.3 Å². The van der Waals surface area contributed by atoms with Crippen LogP contribution in [0.25, 0.3) is 0 Å². The van der Waals surface area contributed by atoms with Crippen LogP contribution in [0.4, 0.5) is 0 Å². The molecule has 0 radical (unpaired) electrons. The summed E-state index contributed by atoms with van der Waals surface area (Å²) in [6, 6.07) is -4.61. The molecule has 0 bridgehead atoms. The summed E-state index contributed by atoms with van der Waals surface area (Å²) in [4.78, 5) is 47.7. The number of carboxylic acids is 1. The lowest BCUT2D eigenvalue weighted by Gasteiger charge is -2.25. The molecular weight excluding hydrogens is 428 g/mol. The van der Waals surface area contributed by atoms with Gasteiger partial charge in [0.05, 0.1) is 12.1 Å². The quantitative estimate of drug-likeness (QED) is 0.145. The van der Waals surface area contributed by atoms with Crippen molar-refractivity contribution in [2.45, 2.75) is 43.6 Å². The van der Waals surface area contributed by atoms with Gasteiger partial charge in [0.1, 0.15) is 18.1 Å². The third kappa shape index (κ3) is 9.37.